The van der Waals surface area contributed by atoms with Gasteiger partial charge in [0.1, 0.15) is 12.4 Å². The van der Waals surface area contributed by atoms with Crippen molar-refractivity contribution in [3.05, 3.63) is 29.8 Å². The van der Waals surface area contributed by atoms with Gasteiger partial charge in [0.05, 0.1) is 6.54 Å². The van der Waals surface area contributed by atoms with E-state index in [0.717, 1.165) is 12.3 Å². The zero-order valence-corrected chi connectivity index (χ0v) is 8.42. The van der Waals surface area contributed by atoms with Gasteiger partial charge in [0.2, 0.25) is 0 Å². The first-order chi connectivity index (χ1) is 6.83. The van der Waals surface area contributed by atoms with E-state index < -0.39 is 0 Å². The summed E-state index contributed by atoms with van der Waals surface area (Å²) >= 11 is 0. The monoisotopic (exact) mass is 189 g/mol. The van der Waals surface area contributed by atoms with Crippen LogP contribution in [0.2, 0.25) is 0 Å². The Bertz CT molecular complexity index is 314. The third kappa shape index (κ3) is 3.97. The molecule has 0 aromatic heterocycles. The van der Waals surface area contributed by atoms with Crippen LogP contribution in [0.3, 0.4) is 0 Å². The molecule has 1 rings (SSSR count). The minimum atomic E-state index is 0.594. The van der Waals surface area contributed by atoms with Gasteiger partial charge >= 0.3 is 0 Å². The van der Waals surface area contributed by atoms with Crippen LogP contribution in [0, 0.1) is 19.3 Å². The molecule has 0 bridgehead atoms. The van der Waals surface area contributed by atoms with Gasteiger partial charge in [0.25, 0.3) is 0 Å². The molecule has 0 spiro atoms. The Morgan fingerprint density at radius 1 is 1.50 bits per heavy atom. The average Bonchev–Trinajstić information content (AvgIpc) is 2.18. The van der Waals surface area contributed by atoms with Gasteiger partial charge in [-0.25, -0.2) is 0 Å². The van der Waals surface area contributed by atoms with E-state index in [9.17, 15) is 0 Å². The molecule has 0 amide bonds. The lowest BCUT2D eigenvalue weighted by Gasteiger charge is -2.06. The van der Waals surface area contributed by atoms with E-state index in [1.54, 1.807) is 0 Å². The van der Waals surface area contributed by atoms with Crippen LogP contribution in [0.5, 0.6) is 5.75 Å². The number of terminal acetylenes is 1. The van der Waals surface area contributed by atoms with E-state index in [0.29, 0.717) is 13.2 Å². The lowest BCUT2D eigenvalue weighted by Crippen LogP contribution is -2.21. The van der Waals surface area contributed by atoms with Gasteiger partial charge in [-0.1, -0.05) is 18.1 Å². The molecule has 0 saturated heterocycles. The van der Waals surface area contributed by atoms with Crippen LogP contribution in [0.1, 0.15) is 5.56 Å². The summed E-state index contributed by atoms with van der Waals surface area (Å²) in [5, 5.41) is 3.06. The molecule has 0 fully saturated rings. The fourth-order valence-electron chi connectivity index (χ4n) is 1.11. The van der Waals surface area contributed by atoms with E-state index in [2.05, 4.69) is 11.2 Å². The number of ether oxygens (including phenoxy) is 1. The van der Waals surface area contributed by atoms with Crippen molar-refractivity contribution >= 4 is 0 Å². The molecular weight excluding hydrogens is 174 g/mol. The Morgan fingerprint density at radius 2 is 2.36 bits per heavy atom. The number of rotatable bonds is 5. The Hall–Kier alpha value is -1.46. The Labute approximate surface area is 85.3 Å². The van der Waals surface area contributed by atoms with Crippen molar-refractivity contribution in [2.24, 2.45) is 0 Å². The summed E-state index contributed by atoms with van der Waals surface area (Å²) in [5.41, 5.74) is 1.21. The maximum Gasteiger partial charge on any atom is 0.119 e. The molecule has 74 valence electrons. The molecule has 0 heterocycles. The lowest BCUT2D eigenvalue weighted by atomic mass is 10.2. The first kappa shape index (κ1) is 10.6. The largest absolute Gasteiger partial charge is 0.492 e. The Balaban J connectivity index is 2.22. The molecule has 0 aliphatic carbocycles. The van der Waals surface area contributed by atoms with E-state index >= 15 is 0 Å². The maximum atomic E-state index is 5.50. The maximum absolute atomic E-state index is 5.50. The highest BCUT2D eigenvalue weighted by molar-refractivity contribution is 5.27. The smallest absolute Gasteiger partial charge is 0.119 e. The van der Waals surface area contributed by atoms with Crippen LogP contribution in [-0.4, -0.2) is 19.7 Å². The summed E-state index contributed by atoms with van der Waals surface area (Å²) in [5.74, 6) is 3.42. The van der Waals surface area contributed by atoms with E-state index in [1.807, 2.05) is 31.2 Å². The average molecular weight is 189 g/mol. The summed E-state index contributed by atoms with van der Waals surface area (Å²) in [6, 6.07) is 8.00. The number of benzene rings is 1. The van der Waals surface area contributed by atoms with Gasteiger partial charge in [-0.15, -0.1) is 6.42 Å². The first-order valence-corrected chi connectivity index (χ1v) is 4.66. The summed E-state index contributed by atoms with van der Waals surface area (Å²) in [4.78, 5) is 0. The molecule has 0 aliphatic rings. The van der Waals surface area contributed by atoms with Crippen molar-refractivity contribution < 1.29 is 4.74 Å². The van der Waals surface area contributed by atoms with E-state index in [1.165, 1.54) is 5.56 Å². The van der Waals surface area contributed by atoms with Gasteiger partial charge < -0.3 is 10.1 Å². The topological polar surface area (TPSA) is 21.3 Å². The Kier molecular flexibility index (Phi) is 4.60. The number of nitrogens with one attached hydrogen (secondary N) is 1. The minimum Gasteiger partial charge on any atom is -0.492 e. The second kappa shape index (κ2) is 6.06. The molecule has 0 atom stereocenters. The van der Waals surface area contributed by atoms with Gasteiger partial charge in [-0.05, 0) is 24.6 Å². The van der Waals surface area contributed by atoms with Gasteiger partial charge in [-0.2, -0.15) is 0 Å². The molecule has 14 heavy (non-hydrogen) atoms. The summed E-state index contributed by atoms with van der Waals surface area (Å²) in [7, 11) is 0. The predicted octanol–water partition coefficient (Wildman–Crippen LogP) is 1.60. The molecular formula is C12H15NO. The lowest BCUT2D eigenvalue weighted by molar-refractivity contribution is 0.316. The Morgan fingerprint density at radius 3 is 3.07 bits per heavy atom. The van der Waals surface area contributed by atoms with Crippen molar-refractivity contribution in [2.45, 2.75) is 6.92 Å². The minimum absolute atomic E-state index is 0.594. The number of hydrogen-bond acceptors (Lipinski definition) is 2. The fraction of sp³-hybridized carbons (Fsp3) is 0.333. The molecule has 1 N–H and O–H groups in total. The third-order valence-corrected chi connectivity index (χ3v) is 1.76. The molecule has 0 unspecified atom stereocenters. The van der Waals surface area contributed by atoms with Crippen molar-refractivity contribution in [3.63, 3.8) is 0 Å². The highest BCUT2D eigenvalue weighted by Gasteiger charge is 1.92. The summed E-state index contributed by atoms with van der Waals surface area (Å²) in [6.45, 7) is 4.06. The molecule has 2 nitrogen and oxygen atoms in total. The molecule has 1 aromatic carbocycles. The standard InChI is InChI=1S/C12H15NO/c1-3-7-13-8-9-14-12-6-4-5-11(2)10-12/h1,4-6,10,13H,7-9H2,2H3. The van der Waals surface area contributed by atoms with Crippen molar-refractivity contribution in [1.29, 1.82) is 0 Å². The molecule has 0 aliphatic heterocycles. The summed E-state index contributed by atoms with van der Waals surface area (Å²) in [6.07, 6.45) is 5.09. The van der Waals surface area contributed by atoms with Crippen molar-refractivity contribution in [3.8, 4) is 18.1 Å². The predicted molar refractivity (Wildman–Crippen MR) is 58.4 cm³/mol. The quantitative estimate of drug-likeness (QED) is 0.561. The van der Waals surface area contributed by atoms with E-state index in [-0.39, 0.29) is 0 Å². The fourth-order valence-corrected chi connectivity index (χ4v) is 1.11. The zero-order chi connectivity index (χ0) is 10.2. The molecule has 2 heteroatoms. The molecule has 0 radical (unpaired) electrons. The SMILES string of the molecule is C#CCNCCOc1cccc(C)c1. The van der Waals surface area contributed by atoms with Crippen LogP contribution in [-0.2, 0) is 0 Å². The van der Waals surface area contributed by atoms with Crippen LogP contribution >= 0.6 is 0 Å². The summed E-state index contributed by atoms with van der Waals surface area (Å²) < 4.78 is 5.50. The highest BCUT2D eigenvalue weighted by Crippen LogP contribution is 2.11. The van der Waals surface area contributed by atoms with Crippen LogP contribution in [0.4, 0.5) is 0 Å². The van der Waals surface area contributed by atoms with Gasteiger partial charge in [0.15, 0.2) is 0 Å². The number of aryl methyl sites for hydroxylation is 1. The second-order valence-electron chi connectivity index (χ2n) is 3.05. The van der Waals surface area contributed by atoms with Crippen molar-refractivity contribution in [2.75, 3.05) is 19.7 Å². The van der Waals surface area contributed by atoms with Crippen LogP contribution < -0.4 is 10.1 Å². The number of hydrogen-bond donors (Lipinski definition) is 1. The van der Waals surface area contributed by atoms with Crippen molar-refractivity contribution in [1.82, 2.24) is 5.32 Å². The highest BCUT2D eigenvalue weighted by atomic mass is 16.5. The second-order valence-corrected chi connectivity index (χ2v) is 3.05. The van der Waals surface area contributed by atoms with Gasteiger partial charge in [0, 0.05) is 6.54 Å². The molecule has 0 saturated carbocycles. The van der Waals surface area contributed by atoms with E-state index in [4.69, 9.17) is 11.2 Å². The normalized spacial score (nSPS) is 9.43. The zero-order valence-electron chi connectivity index (χ0n) is 8.42. The van der Waals surface area contributed by atoms with Gasteiger partial charge in [-0.3, -0.25) is 0 Å². The van der Waals surface area contributed by atoms with Crippen LogP contribution in [0.25, 0.3) is 0 Å². The molecule has 1 aromatic rings. The first-order valence-electron chi connectivity index (χ1n) is 4.66. The third-order valence-electron chi connectivity index (χ3n) is 1.76. The van der Waals surface area contributed by atoms with Crippen LogP contribution in [0.15, 0.2) is 24.3 Å².